The molecule has 1 aromatic carbocycles. The van der Waals surface area contributed by atoms with Crippen molar-refractivity contribution in [3.05, 3.63) is 30.3 Å². The summed E-state index contributed by atoms with van der Waals surface area (Å²) in [7, 11) is 0. The van der Waals surface area contributed by atoms with Crippen molar-refractivity contribution in [2.75, 3.05) is 18.4 Å². The molecule has 1 aromatic rings. The van der Waals surface area contributed by atoms with Crippen molar-refractivity contribution < 1.29 is 19.2 Å². The predicted octanol–water partition coefficient (Wildman–Crippen LogP) is 1.79. The largest absolute Gasteiger partial charge is 0.342 e. The molecule has 0 bridgehead atoms. The summed E-state index contributed by atoms with van der Waals surface area (Å²) in [6, 6.07) is 7.49. The highest BCUT2D eigenvalue weighted by atomic mass is 16.2. The summed E-state index contributed by atoms with van der Waals surface area (Å²) in [5, 5.41) is 11.7. The topological polar surface area (TPSA) is 120 Å². The van der Waals surface area contributed by atoms with Crippen molar-refractivity contribution in [1.82, 2.24) is 20.9 Å². The molecular weight excluding hydrogens is 446 g/mol. The second kappa shape index (κ2) is 11.7. The van der Waals surface area contributed by atoms with Gasteiger partial charge in [-0.05, 0) is 70.5 Å². The van der Waals surface area contributed by atoms with Gasteiger partial charge < -0.3 is 26.2 Å². The Balaban J connectivity index is 1.63. The lowest BCUT2D eigenvalue weighted by atomic mass is 9.99. The summed E-state index contributed by atoms with van der Waals surface area (Å²) in [5.41, 5.74) is -0.613. The normalized spacial score (nSPS) is 21.0. The first-order chi connectivity index (χ1) is 16.6. The Bertz CT molecular complexity index is 912. The molecule has 1 unspecified atom stereocenters. The minimum absolute atomic E-state index is 0.0445. The molecule has 35 heavy (non-hydrogen) atoms. The van der Waals surface area contributed by atoms with E-state index < -0.39 is 23.5 Å². The van der Waals surface area contributed by atoms with Crippen molar-refractivity contribution in [1.29, 1.82) is 0 Å². The SMILES string of the molecule is CC(C)C[C@H](NC(=O)C(C)(C)NC(=O)[C@H]1CCCN1C(=O)C1CCCN1)C(=O)Nc1ccccc1. The van der Waals surface area contributed by atoms with Gasteiger partial charge in [0.05, 0.1) is 6.04 Å². The Morgan fingerprint density at radius 3 is 2.43 bits per heavy atom. The molecule has 0 aliphatic carbocycles. The number of anilines is 1. The molecule has 2 saturated heterocycles. The molecule has 2 fully saturated rings. The third-order valence-corrected chi connectivity index (χ3v) is 6.57. The van der Waals surface area contributed by atoms with E-state index in [2.05, 4.69) is 21.3 Å². The van der Waals surface area contributed by atoms with Crippen LogP contribution in [0.4, 0.5) is 5.69 Å². The van der Waals surface area contributed by atoms with Crippen LogP contribution in [0.25, 0.3) is 0 Å². The highest BCUT2D eigenvalue weighted by Gasteiger charge is 2.41. The van der Waals surface area contributed by atoms with Gasteiger partial charge in [0.25, 0.3) is 0 Å². The van der Waals surface area contributed by atoms with E-state index in [9.17, 15) is 19.2 Å². The van der Waals surface area contributed by atoms with E-state index in [1.165, 1.54) is 0 Å². The average Bonchev–Trinajstić information content (AvgIpc) is 3.50. The van der Waals surface area contributed by atoms with Crippen LogP contribution in [-0.4, -0.2) is 65.3 Å². The van der Waals surface area contributed by atoms with Gasteiger partial charge in [-0.2, -0.15) is 0 Å². The van der Waals surface area contributed by atoms with Crippen LogP contribution in [0.1, 0.15) is 59.8 Å². The first kappa shape index (κ1) is 26.7. The lowest BCUT2D eigenvalue weighted by Crippen LogP contribution is -2.61. The second-order valence-corrected chi connectivity index (χ2v) is 10.5. The standard InChI is InChI=1S/C26H39N5O4/c1-17(2)16-20(22(32)28-18-10-6-5-7-11-18)29-25(35)26(3,4)30-23(33)21-13-9-15-31(21)24(34)19-12-8-14-27-19/h5-7,10-11,17,19-21,27H,8-9,12-16H2,1-4H3,(H,28,32)(H,29,35)(H,30,33)/t19?,20-,21+/m0/s1. The summed E-state index contributed by atoms with van der Waals surface area (Å²) in [6.45, 7) is 8.53. The number of hydrogen-bond acceptors (Lipinski definition) is 5. The van der Waals surface area contributed by atoms with Crippen molar-refractivity contribution in [3.63, 3.8) is 0 Å². The molecule has 2 aliphatic rings. The van der Waals surface area contributed by atoms with Crippen LogP contribution < -0.4 is 21.3 Å². The fourth-order valence-corrected chi connectivity index (χ4v) is 4.64. The molecule has 0 aromatic heterocycles. The molecule has 3 atom stereocenters. The second-order valence-electron chi connectivity index (χ2n) is 10.5. The summed E-state index contributed by atoms with van der Waals surface area (Å²) < 4.78 is 0. The smallest absolute Gasteiger partial charge is 0.246 e. The highest BCUT2D eigenvalue weighted by molar-refractivity contribution is 6.00. The molecule has 2 aliphatic heterocycles. The van der Waals surface area contributed by atoms with Crippen molar-refractivity contribution in [2.24, 2.45) is 5.92 Å². The van der Waals surface area contributed by atoms with Gasteiger partial charge in [-0.1, -0.05) is 32.0 Å². The van der Waals surface area contributed by atoms with Gasteiger partial charge in [0, 0.05) is 12.2 Å². The highest BCUT2D eigenvalue weighted by Crippen LogP contribution is 2.22. The van der Waals surface area contributed by atoms with Crippen molar-refractivity contribution in [2.45, 2.75) is 83.5 Å². The van der Waals surface area contributed by atoms with Crippen LogP contribution in [-0.2, 0) is 19.2 Å². The number of carbonyl (C=O) groups excluding carboxylic acids is 4. The molecule has 4 N–H and O–H groups in total. The van der Waals surface area contributed by atoms with Crippen molar-refractivity contribution in [3.8, 4) is 0 Å². The van der Waals surface area contributed by atoms with Gasteiger partial charge >= 0.3 is 0 Å². The zero-order chi connectivity index (χ0) is 25.6. The van der Waals surface area contributed by atoms with Crippen LogP contribution in [0, 0.1) is 5.92 Å². The van der Waals surface area contributed by atoms with E-state index >= 15 is 0 Å². The fraction of sp³-hybridized carbons (Fsp3) is 0.615. The maximum atomic E-state index is 13.2. The number of amides is 4. The lowest BCUT2D eigenvalue weighted by molar-refractivity contribution is -0.142. The first-order valence-electron chi connectivity index (χ1n) is 12.6. The van der Waals surface area contributed by atoms with Crippen LogP contribution in [0.2, 0.25) is 0 Å². The Kier molecular flexibility index (Phi) is 8.88. The Morgan fingerprint density at radius 2 is 1.80 bits per heavy atom. The Labute approximate surface area is 207 Å². The molecule has 2 heterocycles. The van der Waals surface area contributed by atoms with Gasteiger partial charge in [0.2, 0.25) is 23.6 Å². The zero-order valence-electron chi connectivity index (χ0n) is 21.2. The van der Waals surface area contributed by atoms with E-state index in [0.29, 0.717) is 25.1 Å². The molecule has 0 radical (unpaired) electrons. The van der Waals surface area contributed by atoms with Gasteiger partial charge in [-0.3, -0.25) is 19.2 Å². The molecule has 4 amide bonds. The monoisotopic (exact) mass is 485 g/mol. The summed E-state index contributed by atoms with van der Waals surface area (Å²) in [4.78, 5) is 53.8. The molecule has 9 nitrogen and oxygen atoms in total. The van der Waals surface area contributed by atoms with E-state index in [1.54, 1.807) is 30.9 Å². The molecule has 3 rings (SSSR count). The third-order valence-electron chi connectivity index (χ3n) is 6.57. The molecule has 0 saturated carbocycles. The third kappa shape index (κ3) is 7.04. The quantitative estimate of drug-likeness (QED) is 0.425. The fourth-order valence-electron chi connectivity index (χ4n) is 4.64. The number of carbonyl (C=O) groups is 4. The lowest BCUT2D eigenvalue weighted by Gasteiger charge is -2.32. The predicted molar refractivity (Wildman–Crippen MR) is 134 cm³/mol. The molecule has 9 heteroatoms. The first-order valence-corrected chi connectivity index (χ1v) is 12.6. The van der Waals surface area contributed by atoms with E-state index in [-0.39, 0.29) is 29.7 Å². The number of para-hydroxylation sites is 1. The number of hydrogen-bond donors (Lipinski definition) is 4. The number of rotatable bonds is 9. The van der Waals surface area contributed by atoms with Gasteiger partial charge in [-0.15, -0.1) is 0 Å². The average molecular weight is 486 g/mol. The number of benzene rings is 1. The Morgan fingerprint density at radius 1 is 1.09 bits per heavy atom. The van der Waals surface area contributed by atoms with Crippen LogP contribution in [0.5, 0.6) is 0 Å². The number of nitrogens with one attached hydrogen (secondary N) is 4. The van der Waals surface area contributed by atoms with E-state index in [1.807, 2.05) is 32.0 Å². The zero-order valence-corrected chi connectivity index (χ0v) is 21.2. The number of likely N-dealkylation sites (tertiary alicyclic amines) is 1. The minimum Gasteiger partial charge on any atom is -0.342 e. The maximum absolute atomic E-state index is 13.2. The summed E-state index contributed by atoms with van der Waals surface area (Å²) in [5.74, 6) is -0.980. The van der Waals surface area contributed by atoms with Gasteiger partial charge in [-0.25, -0.2) is 0 Å². The van der Waals surface area contributed by atoms with E-state index in [0.717, 1.165) is 25.8 Å². The molecular formula is C26H39N5O4. The van der Waals surface area contributed by atoms with Crippen molar-refractivity contribution >= 4 is 29.3 Å². The van der Waals surface area contributed by atoms with Gasteiger partial charge in [0.1, 0.15) is 17.6 Å². The van der Waals surface area contributed by atoms with Crippen LogP contribution >= 0.6 is 0 Å². The molecule has 192 valence electrons. The molecule has 0 spiro atoms. The van der Waals surface area contributed by atoms with Crippen LogP contribution in [0.15, 0.2) is 30.3 Å². The van der Waals surface area contributed by atoms with E-state index in [4.69, 9.17) is 0 Å². The summed E-state index contributed by atoms with van der Waals surface area (Å²) >= 11 is 0. The minimum atomic E-state index is -1.26. The number of nitrogens with zero attached hydrogens (tertiary/aromatic N) is 1. The van der Waals surface area contributed by atoms with Crippen LogP contribution in [0.3, 0.4) is 0 Å². The summed E-state index contributed by atoms with van der Waals surface area (Å²) in [6.07, 6.45) is 3.49. The Hall–Kier alpha value is -2.94. The van der Waals surface area contributed by atoms with Gasteiger partial charge in [0.15, 0.2) is 0 Å². The maximum Gasteiger partial charge on any atom is 0.246 e.